The Morgan fingerprint density at radius 1 is 1.45 bits per heavy atom. The summed E-state index contributed by atoms with van der Waals surface area (Å²) in [7, 11) is 0. The lowest BCUT2D eigenvalue weighted by molar-refractivity contribution is -0.120. The number of fused-ring (bicyclic) bond motifs is 1. The lowest BCUT2D eigenvalue weighted by atomic mass is 10.1. The molecule has 2 rings (SSSR count). The summed E-state index contributed by atoms with van der Waals surface area (Å²) in [6.45, 7) is 4.00. The van der Waals surface area contributed by atoms with Crippen LogP contribution in [0.15, 0.2) is 5.16 Å². The van der Waals surface area contributed by atoms with Crippen LogP contribution in [0, 0.1) is 26.2 Å². The highest BCUT2D eigenvalue weighted by atomic mass is 32.2. The molecule has 0 aliphatic rings. The van der Waals surface area contributed by atoms with Crippen LogP contribution in [0.25, 0.3) is 5.78 Å². The molecule has 0 aliphatic heterocycles. The molecule has 0 saturated heterocycles. The van der Waals surface area contributed by atoms with Crippen molar-refractivity contribution >= 4 is 23.4 Å². The minimum absolute atomic E-state index is 0.125. The highest BCUT2D eigenvalue weighted by Gasteiger charge is 2.15. The molecule has 0 fully saturated rings. The molecule has 1 N–H and O–H groups in total. The van der Waals surface area contributed by atoms with Crippen molar-refractivity contribution in [1.29, 1.82) is 0 Å². The van der Waals surface area contributed by atoms with Gasteiger partial charge in [-0.05, 0) is 20.1 Å². The Morgan fingerprint density at radius 2 is 2.20 bits per heavy atom. The molecule has 0 unspecified atom stereocenters. The number of nitrogens with one attached hydrogen (secondary N) is 1. The average molecular weight is 289 g/mol. The van der Waals surface area contributed by atoms with Crippen LogP contribution in [-0.4, -0.2) is 38.3 Å². The zero-order valence-corrected chi connectivity index (χ0v) is 12.4. The number of aromatic nitrogens is 4. The third kappa shape index (κ3) is 2.75. The third-order valence-electron chi connectivity index (χ3n) is 2.94. The lowest BCUT2D eigenvalue weighted by Gasteiger charge is -2.09. The van der Waals surface area contributed by atoms with Gasteiger partial charge in [0.2, 0.25) is 11.1 Å². The number of thioether (sulfide) groups is 1. The topological polar surface area (TPSA) is 72.2 Å². The van der Waals surface area contributed by atoms with Crippen molar-refractivity contribution in [2.24, 2.45) is 0 Å². The summed E-state index contributed by atoms with van der Waals surface area (Å²) in [6, 6.07) is 0. The van der Waals surface area contributed by atoms with E-state index in [1.54, 1.807) is 4.52 Å². The Hall–Kier alpha value is -2.07. The van der Waals surface area contributed by atoms with Crippen molar-refractivity contribution in [2.75, 3.05) is 12.8 Å². The maximum absolute atomic E-state index is 11.8. The van der Waals surface area contributed by atoms with Crippen molar-refractivity contribution < 1.29 is 4.79 Å². The van der Waals surface area contributed by atoms with Crippen LogP contribution in [-0.2, 0) is 11.2 Å². The highest BCUT2D eigenvalue weighted by molar-refractivity contribution is 7.98. The first-order valence-electron chi connectivity index (χ1n) is 6.03. The van der Waals surface area contributed by atoms with Gasteiger partial charge in [0, 0.05) is 17.0 Å². The van der Waals surface area contributed by atoms with E-state index in [2.05, 4.69) is 26.3 Å². The second-order valence-corrected chi connectivity index (χ2v) is 5.00. The van der Waals surface area contributed by atoms with Crippen molar-refractivity contribution in [3.63, 3.8) is 0 Å². The predicted octanol–water partition coefficient (Wildman–Crippen LogP) is 0.755. The monoisotopic (exact) mass is 289 g/mol. The standard InChI is InChI=1S/C13H15N5OS/c1-5-6-14-11(19)7-10-8(2)15-12-16-13(20-4)17-18(12)9(10)3/h1H,6-7H2,2-4H3,(H,14,19). The van der Waals surface area contributed by atoms with Gasteiger partial charge in [-0.3, -0.25) is 4.79 Å². The Morgan fingerprint density at radius 3 is 2.85 bits per heavy atom. The molecule has 0 aliphatic carbocycles. The number of carbonyl (C=O) groups excluding carboxylic acids is 1. The highest BCUT2D eigenvalue weighted by Crippen LogP contribution is 2.17. The molecular formula is C13H15N5OS. The van der Waals surface area contributed by atoms with Crippen molar-refractivity contribution in [3.05, 3.63) is 17.0 Å². The summed E-state index contributed by atoms with van der Waals surface area (Å²) in [5, 5.41) is 7.65. The van der Waals surface area contributed by atoms with Gasteiger partial charge in [-0.1, -0.05) is 17.7 Å². The number of hydrogen-bond acceptors (Lipinski definition) is 5. The average Bonchev–Trinajstić information content (AvgIpc) is 2.84. The Bertz CT molecular complexity index is 701. The summed E-state index contributed by atoms with van der Waals surface area (Å²) in [5.74, 6) is 2.80. The van der Waals surface area contributed by atoms with Gasteiger partial charge >= 0.3 is 0 Å². The van der Waals surface area contributed by atoms with Gasteiger partial charge in [-0.25, -0.2) is 9.50 Å². The first kappa shape index (κ1) is 14.3. The third-order valence-corrected chi connectivity index (χ3v) is 3.48. The Kier molecular flexibility index (Phi) is 4.25. The summed E-state index contributed by atoms with van der Waals surface area (Å²) >= 11 is 1.46. The molecular weight excluding hydrogens is 274 g/mol. The van der Waals surface area contributed by atoms with E-state index in [-0.39, 0.29) is 18.9 Å². The van der Waals surface area contributed by atoms with Crippen LogP contribution in [0.5, 0.6) is 0 Å². The van der Waals surface area contributed by atoms with Crippen LogP contribution in [0.3, 0.4) is 0 Å². The van der Waals surface area contributed by atoms with E-state index in [1.165, 1.54) is 11.8 Å². The number of hydrogen-bond donors (Lipinski definition) is 1. The molecule has 7 heteroatoms. The Labute approximate surface area is 121 Å². The van der Waals surface area contributed by atoms with E-state index in [9.17, 15) is 4.79 Å². The molecule has 0 bridgehead atoms. The molecule has 2 aromatic heterocycles. The smallest absolute Gasteiger partial charge is 0.253 e. The molecule has 20 heavy (non-hydrogen) atoms. The lowest BCUT2D eigenvalue weighted by Crippen LogP contribution is -2.26. The first-order chi connectivity index (χ1) is 9.56. The van der Waals surface area contributed by atoms with Gasteiger partial charge in [0.15, 0.2) is 0 Å². The maximum Gasteiger partial charge on any atom is 0.253 e. The molecule has 2 aromatic rings. The van der Waals surface area contributed by atoms with E-state index >= 15 is 0 Å². The quantitative estimate of drug-likeness (QED) is 0.664. The molecule has 0 aromatic carbocycles. The van der Waals surface area contributed by atoms with Crippen LogP contribution in [0.2, 0.25) is 0 Å². The fourth-order valence-electron chi connectivity index (χ4n) is 1.90. The fraction of sp³-hybridized carbons (Fsp3) is 0.385. The van der Waals surface area contributed by atoms with E-state index in [0.717, 1.165) is 17.0 Å². The molecule has 0 atom stereocenters. The van der Waals surface area contributed by atoms with Crippen molar-refractivity contribution in [2.45, 2.75) is 25.4 Å². The van der Waals surface area contributed by atoms with Gasteiger partial charge in [-0.2, -0.15) is 4.98 Å². The van der Waals surface area contributed by atoms with Gasteiger partial charge in [0.1, 0.15) is 0 Å². The number of nitrogens with zero attached hydrogens (tertiary/aromatic N) is 4. The number of rotatable bonds is 4. The van der Waals surface area contributed by atoms with Crippen molar-refractivity contribution in [3.8, 4) is 12.3 Å². The maximum atomic E-state index is 11.8. The summed E-state index contributed by atoms with van der Waals surface area (Å²) in [5.41, 5.74) is 2.51. The number of amides is 1. The summed E-state index contributed by atoms with van der Waals surface area (Å²) in [4.78, 5) is 20.5. The fourth-order valence-corrected chi connectivity index (χ4v) is 2.24. The number of carbonyl (C=O) groups is 1. The number of terminal acetylenes is 1. The minimum atomic E-state index is -0.125. The SMILES string of the molecule is C#CCNC(=O)Cc1c(C)nc2nc(SC)nn2c1C. The zero-order chi connectivity index (χ0) is 14.7. The molecule has 1 amide bonds. The summed E-state index contributed by atoms with van der Waals surface area (Å²) < 4.78 is 1.67. The van der Waals surface area contributed by atoms with Crippen LogP contribution in [0.1, 0.15) is 17.0 Å². The second kappa shape index (κ2) is 5.92. The molecule has 0 spiro atoms. The summed E-state index contributed by atoms with van der Waals surface area (Å²) in [6.07, 6.45) is 7.26. The van der Waals surface area contributed by atoms with E-state index in [0.29, 0.717) is 10.9 Å². The van der Waals surface area contributed by atoms with Crippen LogP contribution < -0.4 is 5.32 Å². The zero-order valence-electron chi connectivity index (χ0n) is 11.6. The van der Waals surface area contributed by atoms with Gasteiger partial charge in [0.25, 0.3) is 5.78 Å². The molecule has 2 heterocycles. The largest absolute Gasteiger partial charge is 0.345 e. The first-order valence-corrected chi connectivity index (χ1v) is 7.26. The van der Waals surface area contributed by atoms with E-state index in [4.69, 9.17) is 6.42 Å². The van der Waals surface area contributed by atoms with Gasteiger partial charge in [-0.15, -0.1) is 11.5 Å². The molecule has 6 nitrogen and oxygen atoms in total. The predicted molar refractivity (Wildman–Crippen MR) is 77.6 cm³/mol. The van der Waals surface area contributed by atoms with Crippen LogP contribution >= 0.6 is 11.8 Å². The minimum Gasteiger partial charge on any atom is -0.345 e. The second-order valence-electron chi connectivity index (χ2n) is 4.23. The van der Waals surface area contributed by atoms with Gasteiger partial charge < -0.3 is 5.32 Å². The van der Waals surface area contributed by atoms with Gasteiger partial charge in [0.05, 0.1) is 13.0 Å². The van der Waals surface area contributed by atoms with E-state index in [1.807, 2.05) is 20.1 Å². The molecule has 0 radical (unpaired) electrons. The number of aryl methyl sites for hydroxylation is 2. The van der Waals surface area contributed by atoms with Crippen LogP contribution in [0.4, 0.5) is 0 Å². The van der Waals surface area contributed by atoms with E-state index < -0.39 is 0 Å². The normalized spacial score (nSPS) is 10.5. The van der Waals surface area contributed by atoms with Crippen molar-refractivity contribution in [1.82, 2.24) is 24.9 Å². The Balaban J connectivity index is 2.38. The molecule has 104 valence electrons. The molecule has 0 saturated carbocycles.